The number of halogens is 1. The largest absolute Gasteiger partial charge is 0.381 e. The molecule has 0 aliphatic heterocycles. The Kier molecular flexibility index (Phi) is 5.40. The highest BCUT2D eigenvalue weighted by molar-refractivity contribution is 6.30. The number of pyridine rings is 1. The lowest BCUT2D eigenvalue weighted by Gasteiger charge is -2.15. The summed E-state index contributed by atoms with van der Waals surface area (Å²) in [6, 6.07) is 15.6. The van der Waals surface area contributed by atoms with Crippen molar-refractivity contribution in [1.82, 2.24) is 14.8 Å². The molecule has 0 aliphatic carbocycles. The first kappa shape index (κ1) is 21.2. The first-order valence-corrected chi connectivity index (χ1v) is 10.7. The van der Waals surface area contributed by atoms with Gasteiger partial charge in [0.25, 0.3) is 5.56 Å². The standard InChI is InChI=1S/C25H27ClN4O/c1-15-6-9-19(12-16(15)2)27-14-17-13-21-22(25(3,4)5)29-30(23(21)28-24(17)31)20-10-7-18(26)8-11-20/h6-13,27H,14H2,1-5H3,(H,28,31). The van der Waals surface area contributed by atoms with Crippen molar-refractivity contribution in [2.45, 2.75) is 46.6 Å². The molecular weight excluding hydrogens is 408 g/mol. The number of aromatic nitrogens is 3. The number of fused-ring (bicyclic) bond motifs is 1. The SMILES string of the molecule is Cc1ccc(NCc2cc3c(C(C)(C)C)nn(-c4ccc(Cl)cc4)c3[nH]c2=O)cc1C. The van der Waals surface area contributed by atoms with Gasteiger partial charge in [-0.3, -0.25) is 4.79 Å². The van der Waals surface area contributed by atoms with E-state index < -0.39 is 0 Å². The summed E-state index contributed by atoms with van der Waals surface area (Å²) >= 11 is 6.05. The van der Waals surface area contributed by atoms with Crippen molar-refractivity contribution in [1.29, 1.82) is 0 Å². The molecule has 0 bridgehead atoms. The van der Waals surface area contributed by atoms with Crippen molar-refractivity contribution in [3.05, 3.63) is 86.3 Å². The Balaban J connectivity index is 1.78. The first-order valence-electron chi connectivity index (χ1n) is 10.4. The Hall–Kier alpha value is -3.05. The van der Waals surface area contributed by atoms with E-state index in [1.165, 1.54) is 11.1 Å². The predicted molar refractivity (Wildman–Crippen MR) is 129 cm³/mol. The van der Waals surface area contributed by atoms with Crippen LogP contribution in [-0.2, 0) is 12.0 Å². The van der Waals surface area contributed by atoms with Crippen LogP contribution in [0.2, 0.25) is 5.02 Å². The van der Waals surface area contributed by atoms with Crippen molar-refractivity contribution < 1.29 is 0 Å². The maximum atomic E-state index is 12.9. The van der Waals surface area contributed by atoms with Gasteiger partial charge in [0.05, 0.1) is 11.4 Å². The molecule has 160 valence electrons. The summed E-state index contributed by atoms with van der Waals surface area (Å²) in [5.41, 5.74) is 6.28. The van der Waals surface area contributed by atoms with Crippen molar-refractivity contribution >= 4 is 28.3 Å². The van der Waals surface area contributed by atoms with Crippen LogP contribution in [0.25, 0.3) is 16.7 Å². The Labute approximate surface area is 187 Å². The minimum Gasteiger partial charge on any atom is -0.381 e. The van der Waals surface area contributed by atoms with Gasteiger partial charge in [-0.2, -0.15) is 5.10 Å². The summed E-state index contributed by atoms with van der Waals surface area (Å²) in [5, 5.41) is 9.84. The van der Waals surface area contributed by atoms with E-state index in [9.17, 15) is 4.79 Å². The fraction of sp³-hybridized carbons (Fsp3) is 0.280. The Morgan fingerprint density at radius 1 is 1.03 bits per heavy atom. The number of hydrogen-bond donors (Lipinski definition) is 2. The van der Waals surface area contributed by atoms with Crippen LogP contribution in [0, 0.1) is 13.8 Å². The van der Waals surface area contributed by atoms with Crippen LogP contribution >= 0.6 is 11.6 Å². The lowest BCUT2D eigenvalue weighted by Crippen LogP contribution is -2.17. The zero-order valence-electron chi connectivity index (χ0n) is 18.5. The van der Waals surface area contributed by atoms with Crippen LogP contribution in [0.5, 0.6) is 0 Å². The van der Waals surface area contributed by atoms with Crippen LogP contribution < -0.4 is 10.9 Å². The van der Waals surface area contributed by atoms with Crippen molar-refractivity contribution in [3.8, 4) is 5.69 Å². The van der Waals surface area contributed by atoms with E-state index in [1.54, 1.807) is 4.68 Å². The van der Waals surface area contributed by atoms with Crippen LogP contribution in [0.1, 0.15) is 43.2 Å². The number of nitrogens with zero attached hydrogens (tertiary/aromatic N) is 2. The van der Waals surface area contributed by atoms with E-state index in [0.29, 0.717) is 22.8 Å². The van der Waals surface area contributed by atoms with Crippen LogP contribution in [0.3, 0.4) is 0 Å². The maximum absolute atomic E-state index is 12.9. The summed E-state index contributed by atoms with van der Waals surface area (Å²) in [6.07, 6.45) is 0. The molecule has 2 aromatic carbocycles. The molecule has 0 atom stereocenters. The first-order chi connectivity index (χ1) is 14.6. The van der Waals surface area contributed by atoms with Crippen LogP contribution in [0.15, 0.2) is 53.3 Å². The molecule has 5 nitrogen and oxygen atoms in total. The molecule has 0 aliphatic rings. The third kappa shape index (κ3) is 4.23. The number of anilines is 1. The minimum atomic E-state index is -0.188. The lowest BCUT2D eigenvalue weighted by molar-refractivity contribution is 0.565. The number of nitrogens with one attached hydrogen (secondary N) is 2. The molecule has 31 heavy (non-hydrogen) atoms. The van der Waals surface area contributed by atoms with Crippen LogP contribution in [0.4, 0.5) is 5.69 Å². The van der Waals surface area contributed by atoms with Gasteiger partial charge in [-0.25, -0.2) is 4.68 Å². The molecule has 0 saturated carbocycles. The molecule has 2 aromatic heterocycles. The zero-order valence-corrected chi connectivity index (χ0v) is 19.3. The van der Waals surface area contributed by atoms with Gasteiger partial charge < -0.3 is 10.3 Å². The molecule has 0 unspecified atom stereocenters. The number of aryl methyl sites for hydroxylation is 2. The number of aromatic amines is 1. The summed E-state index contributed by atoms with van der Waals surface area (Å²) in [6.45, 7) is 11.0. The highest BCUT2D eigenvalue weighted by Crippen LogP contribution is 2.30. The fourth-order valence-electron chi connectivity index (χ4n) is 3.62. The average molecular weight is 435 g/mol. The topological polar surface area (TPSA) is 62.7 Å². The number of rotatable bonds is 4. The second-order valence-corrected chi connectivity index (χ2v) is 9.46. The second kappa shape index (κ2) is 7.89. The summed E-state index contributed by atoms with van der Waals surface area (Å²) in [5.74, 6) is 0. The molecule has 6 heteroatoms. The van der Waals surface area contributed by atoms with Crippen molar-refractivity contribution in [2.75, 3.05) is 5.32 Å². The van der Waals surface area contributed by atoms with Crippen LogP contribution in [-0.4, -0.2) is 14.8 Å². The molecule has 4 aromatic rings. The van der Waals surface area contributed by atoms with E-state index in [0.717, 1.165) is 22.5 Å². The Bertz CT molecular complexity index is 1310. The summed E-state index contributed by atoms with van der Waals surface area (Å²) < 4.78 is 1.79. The number of benzene rings is 2. The third-order valence-electron chi connectivity index (χ3n) is 5.54. The van der Waals surface area contributed by atoms with E-state index in [-0.39, 0.29) is 11.0 Å². The molecular formula is C25H27ClN4O. The van der Waals surface area contributed by atoms with Gasteiger partial charge in [-0.1, -0.05) is 38.4 Å². The van der Waals surface area contributed by atoms with Crippen molar-refractivity contribution in [3.63, 3.8) is 0 Å². The third-order valence-corrected chi connectivity index (χ3v) is 5.79. The molecule has 0 saturated heterocycles. The minimum absolute atomic E-state index is 0.126. The Morgan fingerprint density at radius 3 is 2.39 bits per heavy atom. The van der Waals surface area contributed by atoms with E-state index in [4.69, 9.17) is 16.7 Å². The van der Waals surface area contributed by atoms with E-state index in [2.05, 4.69) is 57.1 Å². The molecule has 0 radical (unpaired) electrons. The van der Waals surface area contributed by atoms with Gasteiger partial charge in [-0.05, 0) is 67.4 Å². The van der Waals surface area contributed by atoms with Gasteiger partial charge in [0.1, 0.15) is 5.65 Å². The molecule has 0 amide bonds. The molecule has 0 spiro atoms. The lowest BCUT2D eigenvalue weighted by atomic mass is 9.90. The van der Waals surface area contributed by atoms with Gasteiger partial charge in [0.2, 0.25) is 0 Å². The maximum Gasteiger partial charge on any atom is 0.254 e. The Morgan fingerprint density at radius 2 is 1.74 bits per heavy atom. The van der Waals surface area contributed by atoms with Gasteiger partial charge in [0, 0.05) is 33.6 Å². The zero-order chi connectivity index (χ0) is 22.3. The predicted octanol–water partition coefficient (Wildman–Crippen LogP) is 5.89. The van der Waals surface area contributed by atoms with E-state index >= 15 is 0 Å². The molecule has 2 heterocycles. The second-order valence-electron chi connectivity index (χ2n) is 9.03. The summed E-state index contributed by atoms with van der Waals surface area (Å²) in [4.78, 5) is 16.0. The number of hydrogen-bond acceptors (Lipinski definition) is 3. The number of H-pyrrole nitrogens is 1. The molecule has 0 fully saturated rings. The van der Waals surface area contributed by atoms with Crippen molar-refractivity contribution in [2.24, 2.45) is 0 Å². The van der Waals surface area contributed by atoms with E-state index in [1.807, 2.05) is 36.4 Å². The normalized spacial score (nSPS) is 11.8. The van der Waals surface area contributed by atoms with Gasteiger partial charge >= 0.3 is 0 Å². The highest BCUT2D eigenvalue weighted by Gasteiger charge is 2.24. The van der Waals surface area contributed by atoms with Gasteiger partial charge in [-0.15, -0.1) is 0 Å². The monoisotopic (exact) mass is 434 g/mol. The van der Waals surface area contributed by atoms with Gasteiger partial charge in [0.15, 0.2) is 0 Å². The quantitative estimate of drug-likeness (QED) is 0.420. The molecule has 4 rings (SSSR count). The average Bonchev–Trinajstić information content (AvgIpc) is 3.08. The smallest absolute Gasteiger partial charge is 0.254 e. The summed E-state index contributed by atoms with van der Waals surface area (Å²) in [7, 11) is 0. The highest BCUT2D eigenvalue weighted by atomic mass is 35.5. The molecule has 2 N–H and O–H groups in total. The fourth-order valence-corrected chi connectivity index (χ4v) is 3.74.